The third kappa shape index (κ3) is 4.24. The molecule has 1 aromatic heterocycles. The minimum atomic E-state index is -0.297. The Morgan fingerprint density at radius 1 is 1.12 bits per heavy atom. The number of nitrogens with zero attached hydrogens (tertiary/aromatic N) is 1. The second-order valence-electron chi connectivity index (χ2n) is 5.54. The summed E-state index contributed by atoms with van der Waals surface area (Å²) in [7, 11) is 1.55. The molecule has 6 heteroatoms. The fourth-order valence-electron chi connectivity index (χ4n) is 2.37. The van der Waals surface area contributed by atoms with Crippen molar-refractivity contribution in [2.75, 3.05) is 7.11 Å². The van der Waals surface area contributed by atoms with Crippen LogP contribution in [0.3, 0.4) is 0 Å². The number of carbonyl (C=O) groups is 1. The van der Waals surface area contributed by atoms with Crippen LogP contribution in [0.4, 0.5) is 0 Å². The van der Waals surface area contributed by atoms with Crippen LogP contribution < -0.4 is 5.32 Å². The van der Waals surface area contributed by atoms with Crippen LogP contribution in [0.5, 0.6) is 5.75 Å². The Labute approximate surface area is 145 Å². The van der Waals surface area contributed by atoms with Crippen LogP contribution in [0.1, 0.15) is 21.8 Å². The number of aromatic hydroxyl groups is 1. The number of phenolic OH excluding ortho intramolecular Hbond substituents is 1. The number of phenols is 1. The quantitative estimate of drug-likeness (QED) is 0.721. The van der Waals surface area contributed by atoms with Crippen molar-refractivity contribution < 1.29 is 19.2 Å². The predicted octanol–water partition coefficient (Wildman–Crippen LogP) is 3.12. The van der Waals surface area contributed by atoms with Gasteiger partial charge in [-0.2, -0.15) is 0 Å². The molecule has 0 unspecified atom stereocenters. The van der Waals surface area contributed by atoms with E-state index in [4.69, 9.17) is 9.26 Å². The van der Waals surface area contributed by atoms with Crippen molar-refractivity contribution in [2.24, 2.45) is 0 Å². The van der Waals surface area contributed by atoms with E-state index in [2.05, 4.69) is 10.5 Å². The zero-order valence-corrected chi connectivity index (χ0v) is 13.7. The van der Waals surface area contributed by atoms with Gasteiger partial charge in [0.25, 0.3) is 5.91 Å². The number of carbonyl (C=O) groups excluding carboxylic acids is 1. The number of aromatic nitrogens is 1. The summed E-state index contributed by atoms with van der Waals surface area (Å²) in [6, 6.07) is 16.4. The van der Waals surface area contributed by atoms with Gasteiger partial charge in [-0.25, -0.2) is 0 Å². The van der Waals surface area contributed by atoms with Crippen molar-refractivity contribution in [3.05, 3.63) is 71.6 Å². The maximum atomic E-state index is 12.1. The third-order valence-electron chi connectivity index (χ3n) is 3.69. The summed E-state index contributed by atoms with van der Waals surface area (Å²) in [5.74, 6) is 0.448. The number of nitrogens with one attached hydrogen (secondary N) is 1. The molecule has 3 rings (SSSR count). The molecular formula is C19H18N2O4. The molecule has 0 aliphatic carbocycles. The Morgan fingerprint density at radius 3 is 2.40 bits per heavy atom. The molecule has 6 nitrogen and oxygen atoms in total. The second kappa shape index (κ2) is 7.63. The first kappa shape index (κ1) is 16.7. The first-order chi connectivity index (χ1) is 12.2. The number of ether oxygens (including phenoxy) is 1. The lowest BCUT2D eigenvalue weighted by atomic mass is 10.0. The van der Waals surface area contributed by atoms with Gasteiger partial charge in [-0.3, -0.25) is 4.79 Å². The number of hydrogen-bond donors (Lipinski definition) is 2. The van der Waals surface area contributed by atoms with Gasteiger partial charge in [-0.1, -0.05) is 41.6 Å². The van der Waals surface area contributed by atoms with E-state index in [1.807, 2.05) is 36.4 Å². The summed E-state index contributed by atoms with van der Waals surface area (Å²) >= 11 is 0. The Balaban J connectivity index is 1.59. The molecule has 25 heavy (non-hydrogen) atoms. The summed E-state index contributed by atoms with van der Waals surface area (Å²) in [6.45, 7) is 0.667. The number of amides is 1. The van der Waals surface area contributed by atoms with Crippen molar-refractivity contribution >= 4 is 5.91 Å². The lowest BCUT2D eigenvalue weighted by Crippen LogP contribution is -2.23. The average molecular weight is 338 g/mol. The highest BCUT2D eigenvalue weighted by atomic mass is 16.5. The molecule has 2 aromatic carbocycles. The number of methoxy groups -OCH3 is 1. The van der Waals surface area contributed by atoms with Crippen LogP contribution in [0.2, 0.25) is 0 Å². The predicted molar refractivity (Wildman–Crippen MR) is 91.9 cm³/mol. The topological polar surface area (TPSA) is 84.6 Å². The standard InChI is InChI=1S/C19H18N2O4/c1-24-12-17-10-18(21-25-17)19(23)20-11-13-2-4-14(5-3-13)15-6-8-16(22)9-7-15/h2-10,22H,11-12H2,1H3,(H,20,23). The lowest BCUT2D eigenvalue weighted by molar-refractivity contribution is 0.0941. The van der Waals surface area contributed by atoms with Crippen molar-refractivity contribution in [3.8, 4) is 16.9 Å². The molecule has 1 amide bonds. The van der Waals surface area contributed by atoms with E-state index < -0.39 is 0 Å². The summed E-state index contributed by atoms with van der Waals surface area (Å²) < 4.78 is 9.92. The van der Waals surface area contributed by atoms with Gasteiger partial charge in [0.2, 0.25) is 0 Å². The van der Waals surface area contributed by atoms with Gasteiger partial charge in [-0.15, -0.1) is 0 Å². The van der Waals surface area contributed by atoms with Gasteiger partial charge in [0.15, 0.2) is 11.5 Å². The molecule has 0 aliphatic rings. The summed E-state index contributed by atoms with van der Waals surface area (Å²) in [5.41, 5.74) is 3.25. The highest BCUT2D eigenvalue weighted by molar-refractivity contribution is 5.92. The van der Waals surface area contributed by atoms with E-state index >= 15 is 0 Å². The minimum absolute atomic E-state index is 0.229. The molecule has 0 atom stereocenters. The van der Waals surface area contributed by atoms with E-state index in [1.54, 1.807) is 25.3 Å². The Morgan fingerprint density at radius 2 is 1.76 bits per heavy atom. The number of hydrogen-bond acceptors (Lipinski definition) is 5. The van der Waals surface area contributed by atoms with Gasteiger partial charge >= 0.3 is 0 Å². The van der Waals surface area contributed by atoms with Gasteiger partial charge in [0, 0.05) is 19.7 Å². The fraction of sp³-hybridized carbons (Fsp3) is 0.158. The van der Waals surface area contributed by atoms with E-state index in [9.17, 15) is 9.90 Å². The maximum Gasteiger partial charge on any atom is 0.273 e. The highest BCUT2D eigenvalue weighted by Gasteiger charge is 2.12. The smallest absolute Gasteiger partial charge is 0.273 e. The molecule has 128 valence electrons. The van der Waals surface area contributed by atoms with Gasteiger partial charge in [0.1, 0.15) is 12.4 Å². The maximum absolute atomic E-state index is 12.1. The van der Waals surface area contributed by atoms with E-state index in [-0.39, 0.29) is 24.0 Å². The molecule has 0 aliphatic heterocycles. The van der Waals surface area contributed by atoms with Crippen molar-refractivity contribution in [3.63, 3.8) is 0 Å². The molecule has 0 fully saturated rings. The van der Waals surface area contributed by atoms with Crippen molar-refractivity contribution in [2.45, 2.75) is 13.2 Å². The lowest BCUT2D eigenvalue weighted by Gasteiger charge is -2.06. The summed E-state index contributed by atoms with van der Waals surface area (Å²) in [4.78, 5) is 12.1. The molecule has 0 spiro atoms. The van der Waals surface area contributed by atoms with E-state index in [0.717, 1.165) is 16.7 Å². The number of rotatable bonds is 6. The van der Waals surface area contributed by atoms with Crippen molar-refractivity contribution in [1.29, 1.82) is 0 Å². The van der Waals surface area contributed by atoms with Crippen LogP contribution in [0, 0.1) is 0 Å². The van der Waals surface area contributed by atoms with Crippen LogP contribution in [-0.2, 0) is 17.9 Å². The van der Waals surface area contributed by atoms with Crippen LogP contribution >= 0.6 is 0 Å². The zero-order valence-electron chi connectivity index (χ0n) is 13.7. The average Bonchev–Trinajstić information content (AvgIpc) is 3.10. The first-order valence-corrected chi connectivity index (χ1v) is 7.77. The molecule has 0 saturated carbocycles. The normalized spacial score (nSPS) is 10.6. The fourth-order valence-corrected chi connectivity index (χ4v) is 2.37. The van der Waals surface area contributed by atoms with Gasteiger partial charge < -0.3 is 19.7 Å². The molecular weight excluding hydrogens is 320 g/mol. The Bertz CT molecular complexity index is 839. The monoisotopic (exact) mass is 338 g/mol. The van der Waals surface area contributed by atoms with E-state index in [1.165, 1.54) is 0 Å². The Kier molecular flexibility index (Phi) is 5.11. The molecule has 2 N–H and O–H groups in total. The SMILES string of the molecule is COCc1cc(C(=O)NCc2ccc(-c3ccc(O)cc3)cc2)no1. The summed E-state index contributed by atoms with van der Waals surface area (Å²) in [6.07, 6.45) is 0. The highest BCUT2D eigenvalue weighted by Crippen LogP contribution is 2.22. The molecule has 0 saturated heterocycles. The van der Waals surface area contributed by atoms with Crippen LogP contribution in [-0.4, -0.2) is 23.3 Å². The Hall–Kier alpha value is -3.12. The number of benzene rings is 2. The first-order valence-electron chi connectivity index (χ1n) is 7.77. The van der Waals surface area contributed by atoms with Crippen LogP contribution in [0.15, 0.2) is 59.1 Å². The van der Waals surface area contributed by atoms with Crippen molar-refractivity contribution in [1.82, 2.24) is 10.5 Å². The summed E-state index contributed by atoms with van der Waals surface area (Å²) in [5, 5.41) is 15.9. The molecule has 1 heterocycles. The second-order valence-corrected chi connectivity index (χ2v) is 5.54. The van der Waals surface area contributed by atoms with Crippen LogP contribution in [0.25, 0.3) is 11.1 Å². The zero-order chi connectivity index (χ0) is 17.6. The van der Waals surface area contributed by atoms with Gasteiger partial charge in [0.05, 0.1) is 0 Å². The molecule has 3 aromatic rings. The van der Waals surface area contributed by atoms with Gasteiger partial charge in [-0.05, 0) is 28.8 Å². The minimum Gasteiger partial charge on any atom is -0.508 e. The third-order valence-corrected chi connectivity index (χ3v) is 3.69. The van der Waals surface area contributed by atoms with E-state index in [0.29, 0.717) is 12.3 Å². The molecule has 0 bridgehead atoms. The molecule has 0 radical (unpaired) electrons. The largest absolute Gasteiger partial charge is 0.508 e.